The number of benzene rings is 1. The average Bonchev–Trinajstić information content (AvgIpc) is 2.19. The summed E-state index contributed by atoms with van der Waals surface area (Å²) in [5.41, 5.74) is -0.460. The summed E-state index contributed by atoms with van der Waals surface area (Å²) >= 11 is 8.89. The van der Waals surface area contributed by atoms with Crippen LogP contribution in [0.15, 0.2) is 18.2 Å². The molecule has 0 aliphatic rings. The minimum Gasteiger partial charge on any atom is -0.299 e. The predicted molar refractivity (Wildman–Crippen MR) is 63.6 cm³/mol. The van der Waals surface area contributed by atoms with Crippen LogP contribution in [0.4, 0.5) is 13.2 Å². The van der Waals surface area contributed by atoms with Crippen molar-refractivity contribution in [3.63, 3.8) is 0 Å². The molecule has 0 bridgehead atoms. The number of halogens is 5. The van der Waals surface area contributed by atoms with Crippen LogP contribution in [0.1, 0.15) is 18.1 Å². The minimum absolute atomic E-state index is 0.137. The Balaban J connectivity index is 3.03. The number of hydrogen-bond acceptors (Lipinski definition) is 1. The van der Waals surface area contributed by atoms with Gasteiger partial charge in [-0.25, -0.2) is 0 Å². The lowest BCUT2D eigenvalue weighted by molar-refractivity contribution is -0.137. The van der Waals surface area contributed by atoms with E-state index >= 15 is 0 Å². The second kappa shape index (κ2) is 5.40. The highest BCUT2D eigenvalue weighted by molar-refractivity contribution is 9.10. The summed E-state index contributed by atoms with van der Waals surface area (Å²) in [6, 6.07) is 3.09. The number of rotatable bonds is 3. The van der Waals surface area contributed by atoms with Gasteiger partial charge in [0.05, 0.1) is 10.4 Å². The molecule has 6 heteroatoms. The zero-order valence-electron chi connectivity index (χ0n) is 8.81. The van der Waals surface area contributed by atoms with Gasteiger partial charge in [0.2, 0.25) is 0 Å². The van der Waals surface area contributed by atoms with Crippen LogP contribution in [0, 0.1) is 0 Å². The second-order valence-corrected chi connectivity index (χ2v) is 5.10. The van der Waals surface area contributed by atoms with Gasteiger partial charge in [-0.15, -0.1) is 0 Å². The van der Waals surface area contributed by atoms with Crippen molar-refractivity contribution in [3.8, 4) is 0 Å². The first kappa shape index (κ1) is 14.5. The third kappa shape index (κ3) is 4.00. The Morgan fingerprint density at radius 2 is 2.06 bits per heavy atom. The average molecular weight is 330 g/mol. The SMILES string of the molecule is CC(=O)C(Br)Cc1cc(C(F)(F)F)ccc1Cl. The molecule has 0 aliphatic heterocycles. The van der Waals surface area contributed by atoms with Gasteiger partial charge in [0, 0.05) is 5.02 Å². The van der Waals surface area contributed by atoms with Crippen LogP contribution >= 0.6 is 27.5 Å². The van der Waals surface area contributed by atoms with Crippen LogP contribution in [-0.4, -0.2) is 10.6 Å². The molecule has 94 valence electrons. The maximum absolute atomic E-state index is 12.5. The number of alkyl halides is 4. The van der Waals surface area contributed by atoms with E-state index in [0.29, 0.717) is 5.56 Å². The van der Waals surface area contributed by atoms with Crippen molar-refractivity contribution in [2.45, 2.75) is 24.3 Å². The fraction of sp³-hybridized carbons (Fsp3) is 0.364. The summed E-state index contributed by atoms with van der Waals surface area (Å²) in [5, 5.41) is 0.226. The molecule has 0 saturated heterocycles. The molecule has 0 fully saturated rings. The molecule has 0 spiro atoms. The third-order valence-corrected chi connectivity index (χ3v) is 3.55. The quantitative estimate of drug-likeness (QED) is 0.758. The zero-order valence-corrected chi connectivity index (χ0v) is 11.2. The van der Waals surface area contributed by atoms with Crippen molar-refractivity contribution < 1.29 is 18.0 Å². The Kier molecular flexibility index (Phi) is 4.61. The standard InChI is InChI=1S/C11H9BrClF3O/c1-6(17)9(12)5-7-4-8(11(14,15)16)2-3-10(7)13/h2-4,9H,5H2,1H3. The first-order valence-electron chi connectivity index (χ1n) is 4.72. The normalized spacial score (nSPS) is 13.5. The Hall–Kier alpha value is -0.550. The second-order valence-electron chi connectivity index (χ2n) is 3.59. The van der Waals surface area contributed by atoms with E-state index in [1.54, 1.807) is 0 Å². The van der Waals surface area contributed by atoms with E-state index in [4.69, 9.17) is 11.6 Å². The topological polar surface area (TPSA) is 17.1 Å². The predicted octanol–water partition coefficient (Wildman–Crippen LogP) is 4.25. The van der Waals surface area contributed by atoms with Gasteiger partial charge in [0.15, 0.2) is 0 Å². The molecule has 0 saturated carbocycles. The van der Waals surface area contributed by atoms with Crippen LogP contribution in [0.2, 0.25) is 5.02 Å². The van der Waals surface area contributed by atoms with Gasteiger partial charge < -0.3 is 0 Å². The molecule has 17 heavy (non-hydrogen) atoms. The van der Waals surface area contributed by atoms with E-state index < -0.39 is 16.6 Å². The maximum Gasteiger partial charge on any atom is 0.416 e. The Bertz CT molecular complexity index is 431. The van der Waals surface area contributed by atoms with E-state index in [9.17, 15) is 18.0 Å². The van der Waals surface area contributed by atoms with E-state index in [1.165, 1.54) is 13.0 Å². The van der Waals surface area contributed by atoms with Crippen LogP contribution in [-0.2, 0) is 17.4 Å². The maximum atomic E-state index is 12.5. The van der Waals surface area contributed by atoms with E-state index in [2.05, 4.69) is 15.9 Å². The molecule has 0 heterocycles. The minimum atomic E-state index is -4.41. The highest BCUT2D eigenvalue weighted by atomic mass is 79.9. The molecule has 1 atom stereocenters. The number of ketones is 1. The van der Waals surface area contributed by atoms with Crippen molar-refractivity contribution >= 4 is 33.3 Å². The van der Waals surface area contributed by atoms with Gasteiger partial charge in [0.25, 0.3) is 0 Å². The number of carbonyl (C=O) groups is 1. The van der Waals surface area contributed by atoms with Gasteiger partial charge in [-0.05, 0) is 37.1 Å². The fourth-order valence-corrected chi connectivity index (χ4v) is 1.79. The molecule has 1 rings (SSSR count). The number of carbonyl (C=O) groups excluding carboxylic acids is 1. The largest absolute Gasteiger partial charge is 0.416 e. The lowest BCUT2D eigenvalue weighted by Crippen LogP contribution is -2.14. The zero-order chi connectivity index (χ0) is 13.2. The van der Waals surface area contributed by atoms with E-state index in [-0.39, 0.29) is 17.2 Å². The molecule has 0 aromatic heterocycles. The molecule has 1 aromatic carbocycles. The molecule has 0 aliphatic carbocycles. The molecular weight excluding hydrogens is 320 g/mol. The first-order valence-corrected chi connectivity index (χ1v) is 6.01. The Morgan fingerprint density at radius 3 is 2.53 bits per heavy atom. The molecule has 0 N–H and O–H groups in total. The number of Topliss-reactive ketones (excluding diaryl/α,β-unsaturated/α-hetero) is 1. The summed E-state index contributed by atoms with van der Waals surface area (Å²) in [6.45, 7) is 1.36. The van der Waals surface area contributed by atoms with Crippen LogP contribution in [0.25, 0.3) is 0 Å². The molecular formula is C11H9BrClF3O. The monoisotopic (exact) mass is 328 g/mol. The van der Waals surface area contributed by atoms with Gasteiger partial charge >= 0.3 is 6.18 Å². The highest BCUT2D eigenvalue weighted by Gasteiger charge is 2.31. The third-order valence-electron chi connectivity index (χ3n) is 2.21. The first-order chi connectivity index (χ1) is 7.71. The van der Waals surface area contributed by atoms with Gasteiger partial charge in [-0.3, -0.25) is 4.79 Å². The van der Waals surface area contributed by atoms with Crippen LogP contribution < -0.4 is 0 Å². The van der Waals surface area contributed by atoms with Gasteiger partial charge in [-0.1, -0.05) is 27.5 Å². The molecule has 0 amide bonds. The molecule has 1 aromatic rings. The smallest absolute Gasteiger partial charge is 0.299 e. The summed E-state index contributed by atoms with van der Waals surface area (Å²) in [7, 11) is 0. The summed E-state index contributed by atoms with van der Waals surface area (Å²) in [4.78, 5) is 10.5. The van der Waals surface area contributed by atoms with E-state index in [1.807, 2.05) is 0 Å². The van der Waals surface area contributed by atoms with Crippen molar-refractivity contribution in [1.82, 2.24) is 0 Å². The fourth-order valence-electron chi connectivity index (χ4n) is 1.24. The lowest BCUT2D eigenvalue weighted by Gasteiger charge is -2.12. The molecule has 1 nitrogen and oxygen atoms in total. The Labute approximate surface area is 110 Å². The van der Waals surface area contributed by atoms with Crippen molar-refractivity contribution in [2.24, 2.45) is 0 Å². The summed E-state index contributed by atoms with van der Waals surface area (Å²) in [6.07, 6.45) is -4.27. The summed E-state index contributed by atoms with van der Waals surface area (Å²) < 4.78 is 37.4. The van der Waals surface area contributed by atoms with Crippen molar-refractivity contribution in [2.75, 3.05) is 0 Å². The van der Waals surface area contributed by atoms with Crippen molar-refractivity contribution in [3.05, 3.63) is 34.3 Å². The van der Waals surface area contributed by atoms with Crippen molar-refractivity contribution in [1.29, 1.82) is 0 Å². The van der Waals surface area contributed by atoms with Crippen LogP contribution in [0.3, 0.4) is 0 Å². The highest BCUT2D eigenvalue weighted by Crippen LogP contribution is 2.32. The lowest BCUT2D eigenvalue weighted by atomic mass is 10.0. The summed E-state index contributed by atoms with van der Waals surface area (Å²) in [5.74, 6) is -0.154. The number of hydrogen-bond donors (Lipinski definition) is 0. The van der Waals surface area contributed by atoms with E-state index in [0.717, 1.165) is 12.1 Å². The molecule has 0 radical (unpaired) electrons. The van der Waals surface area contributed by atoms with Gasteiger partial charge in [0.1, 0.15) is 5.78 Å². The Morgan fingerprint density at radius 1 is 1.47 bits per heavy atom. The molecule has 1 unspecified atom stereocenters. The van der Waals surface area contributed by atoms with Gasteiger partial charge in [-0.2, -0.15) is 13.2 Å². The van der Waals surface area contributed by atoms with Crippen LogP contribution in [0.5, 0.6) is 0 Å².